The maximum atomic E-state index is 14.5. The molecule has 4 heteroatoms. The van der Waals surface area contributed by atoms with Gasteiger partial charge in [0.2, 0.25) is 0 Å². The average molecular weight is 374 g/mol. The van der Waals surface area contributed by atoms with Gasteiger partial charge >= 0.3 is 0 Å². The van der Waals surface area contributed by atoms with Crippen LogP contribution < -0.4 is 0 Å². The van der Waals surface area contributed by atoms with Gasteiger partial charge in [0, 0.05) is 31.0 Å². The van der Waals surface area contributed by atoms with Gasteiger partial charge < -0.3 is 9.72 Å². The van der Waals surface area contributed by atoms with Crippen LogP contribution in [0.15, 0.2) is 60.7 Å². The largest absolute Gasteiger partial charge is 0.385 e. The van der Waals surface area contributed by atoms with Gasteiger partial charge in [-0.15, -0.1) is 0 Å². The monoisotopic (exact) mass is 374 g/mol. The summed E-state index contributed by atoms with van der Waals surface area (Å²) < 4.78 is 19.6. The zero-order valence-electron chi connectivity index (χ0n) is 16.1. The highest BCUT2D eigenvalue weighted by Gasteiger charge is 2.11. The van der Waals surface area contributed by atoms with E-state index in [0.717, 1.165) is 52.9 Å². The van der Waals surface area contributed by atoms with E-state index in [-0.39, 0.29) is 5.82 Å². The number of hydrogen-bond donors (Lipinski definition) is 1. The molecular formula is C24H23FN2O. The predicted molar refractivity (Wildman–Crippen MR) is 112 cm³/mol. The van der Waals surface area contributed by atoms with Gasteiger partial charge in [-0.2, -0.15) is 0 Å². The number of aromatic nitrogens is 2. The minimum absolute atomic E-state index is 0.317. The van der Waals surface area contributed by atoms with Gasteiger partial charge in [0.25, 0.3) is 0 Å². The molecule has 0 unspecified atom stereocenters. The second kappa shape index (κ2) is 7.95. The van der Waals surface area contributed by atoms with Crippen molar-refractivity contribution in [3.05, 3.63) is 77.7 Å². The lowest BCUT2D eigenvalue weighted by Gasteiger charge is -2.07. The molecule has 0 aliphatic rings. The predicted octanol–water partition coefficient (Wildman–Crippen LogP) is 5.92. The van der Waals surface area contributed by atoms with Gasteiger partial charge in [0.1, 0.15) is 5.69 Å². The summed E-state index contributed by atoms with van der Waals surface area (Å²) in [4.78, 5) is 7.62. The molecule has 4 rings (SSSR count). The highest BCUT2D eigenvalue weighted by molar-refractivity contribution is 5.80. The normalized spacial score (nSPS) is 11.2. The summed E-state index contributed by atoms with van der Waals surface area (Å²) in [5, 5.41) is 0. The van der Waals surface area contributed by atoms with E-state index in [9.17, 15) is 4.39 Å². The first-order valence-electron chi connectivity index (χ1n) is 9.48. The molecule has 1 N–H and O–H groups in total. The Labute approximate surface area is 164 Å². The number of pyridine rings is 1. The number of nitrogens with one attached hydrogen (secondary N) is 1. The van der Waals surface area contributed by atoms with Gasteiger partial charge in [0.05, 0.1) is 11.0 Å². The zero-order chi connectivity index (χ0) is 19.5. The van der Waals surface area contributed by atoms with E-state index in [0.29, 0.717) is 5.69 Å². The standard InChI is InChI=1S/C24H23FN2O/c1-16-14-22-23(26-16)15-21(25)24(27-22)20-11-9-19(10-12-20)18-7-5-17(6-8-18)4-3-13-28-2/h5-12,14-15,26H,3-4,13H2,1-2H3. The molecule has 0 saturated carbocycles. The lowest BCUT2D eigenvalue weighted by molar-refractivity contribution is 0.195. The summed E-state index contributed by atoms with van der Waals surface area (Å²) in [6.45, 7) is 2.72. The fourth-order valence-corrected chi connectivity index (χ4v) is 3.47. The Morgan fingerprint density at radius 1 is 0.929 bits per heavy atom. The third kappa shape index (κ3) is 3.82. The molecule has 4 aromatic rings. The SMILES string of the molecule is COCCCc1ccc(-c2ccc(-c3nc4cc(C)[nH]c4cc3F)cc2)cc1. The second-order valence-electron chi connectivity index (χ2n) is 7.07. The van der Waals surface area contributed by atoms with Crippen molar-refractivity contribution in [2.75, 3.05) is 13.7 Å². The molecule has 2 heterocycles. The molecule has 0 fully saturated rings. The molecule has 2 aromatic heterocycles. The Balaban J connectivity index is 1.56. The number of aromatic amines is 1. The number of hydrogen-bond acceptors (Lipinski definition) is 2. The van der Waals surface area contributed by atoms with Gasteiger partial charge in [-0.3, -0.25) is 0 Å². The van der Waals surface area contributed by atoms with Gasteiger partial charge in [-0.25, -0.2) is 9.37 Å². The highest BCUT2D eigenvalue weighted by atomic mass is 19.1. The van der Waals surface area contributed by atoms with E-state index in [1.54, 1.807) is 7.11 Å². The van der Waals surface area contributed by atoms with Crippen LogP contribution >= 0.6 is 0 Å². The summed E-state index contributed by atoms with van der Waals surface area (Å²) in [5.41, 5.74) is 7.19. The van der Waals surface area contributed by atoms with Gasteiger partial charge in [0.15, 0.2) is 5.82 Å². The summed E-state index contributed by atoms with van der Waals surface area (Å²) >= 11 is 0. The minimum Gasteiger partial charge on any atom is -0.385 e. The Morgan fingerprint density at radius 3 is 2.25 bits per heavy atom. The van der Waals surface area contributed by atoms with Crippen molar-refractivity contribution in [2.24, 2.45) is 0 Å². The molecule has 3 nitrogen and oxygen atoms in total. The number of ether oxygens (including phenoxy) is 1. The molecule has 0 radical (unpaired) electrons. The number of fused-ring (bicyclic) bond motifs is 1. The Hall–Kier alpha value is -2.98. The van der Waals surface area contributed by atoms with E-state index in [2.05, 4.69) is 34.2 Å². The molecule has 0 atom stereocenters. The Morgan fingerprint density at radius 2 is 1.57 bits per heavy atom. The number of halogens is 1. The van der Waals surface area contributed by atoms with E-state index in [1.165, 1.54) is 11.6 Å². The lowest BCUT2D eigenvalue weighted by atomic mass is 10.00. The molecule has 0 bridgehead atoms. The molecule has 0 spiro atoms. The van der Waals surface area contributed by atoms with Crippen LogP contribution in [-0.4, -0.2) is 23.7 Å². The number of nitrogens with zero attached hydrogens (tertiary/aromatic N) is 1. The number of rotatable bonds is 6. The number of benzene rings is 2. The van der Waals surface area contributed by atoms with Crippen LogP contribution in [0.5, 0.6) is 0 Å². The van der Waals surface area contributed by atoms with E-state index in [1.807, 2.05) is 37.3 Å². The number of aryl methyl sites for hydroxylation is 2. The second-order valence-corrected chi connectivity index (χ2v) is 7.07. The van der Waals surface area contributed by atoms with Crippen molar-refractivity contribution >= 4 is 11.0 Å². The van der Waals surface area contributed by atoms with Crippen molar-refractivity contribution in [3.8, 4) is 22.4 Å². The van der Waals surface area contributed by atoms with Crippen LogP contribution in [0.2, 0.25) is 0 Å². The Bertz CT molecular complexity index is 1080. The topological polar surface area (TPSA) is 37.9 Å². The summed E-state index contributed by atoms with van der Waals surface area (Å²) in [6, 6.07) is 19.9. The third-order valence-electron chi connectivity index (χ3n) is 4.95. The fraction of sp³-hybridized carbons (Fsp3) is 0.208. The smallest absolute Gasteiger partial charge is 0.151 e. The first-order chi connectivity index (χ1) is 13.6. The minimum atomic E-state index is -0.317. The fourth-order valence-electron chi connectivity index (χ4n) is 3.47. The van der Waals surface area contributed by atoms with Crippen molar-refractivity contribution < 1.29 is 9.13 Å². The summed E-state index contributed by atoms with van der Waals surface area (Å²) in [6.07, 6.45) is 2.03. The van der Waals surface area contributed by atoms with Crippen molar-refractivity contribution in [1.29, 1.82) is 0 Å². The first-order valence-corrected chi connectivity index (χ1v) is 9.48. The molecule has 0 aliphatic carbocycles. The van der Waals surface area contributed by atoms with Crippen LogP contribution in [0, 0.1) is 12.7 Å². The summed E-state index contributed by atoms with van der Waals surface area (Å²) in [7, 11) is 1.73. The van der Waals surface area contributed by atoms with Crippen molar-refractivity contribution in [2.45, 2.75) is 19.8 Å². The molecule has 28 heavy (non-hydrogen) atoms. The molecule has 0 saturated heterocycles. The quantitative estimate of drug-likeness (QED) is 0.425. The number of H-pyrrole nitrogens is 1. The maximum Gasteiger partial charge on any atom is 0.151 e. The molecular weight excluding hydrogens is 351 g/mol. The third-order valence-corrected chi connectivity index (χ3v) is 4.95. The number of methoxy groups -OCH3 is 1. The lowest BCUT2D eigenvalue weighted by Crippen LogP contribution is -1.92. The average Bonchev–Trinajstić information content (AvgIpc) is 3.07. The van der Waals surface area contributed by atoms with Gasteiger partial charge in [-0.1, -0.05) is 48.5 Å². The maximum absolute atomic E-state index is 14.5. The van der Waals surface area contributed by atoms with Crippen LogP contribution in [-0.2, 0) is 11.2 Å². The highest BCUT2D eigenvalue weighted by Crippen LogP contribution is 2.28. The van der Waals surface area contributed by atoms with Crippen molar-refractivity contribution in [1.82, 2.24) is 9.97 Å². The van der Waals surface area contributed by atoms with E-state index in [4.69, 9.17) is 4.74 Å². The van der Waals surface area contributed by atoms with Crippen LogP contribution in [0.1, 0.15) is 17.7 Å². The Kier molecular flexibility index (Phi) is 5.22. The van der Waals surface area contributed by atoms with Crippen molar-refractivity contribution in [3.63, 3.8) is 0 Å². The molecule has 0 amide bonds. The summed E-state index contributed by atoms with van der Waals surface area (Å²) in [5.74, 6) is -0.317. The van der Waals surface area contributed by atoms with E-state index >= 15 is 0 Å². The van der Waals surface area contributed by atoms with Crippen LogP contribution in [0.25, 0.3) is 33.4 Å². The van der Waals surface area contributed by atoms with Crippen LogP contribution in [0.3, 0.4) is 0 Å². The zero-order valence-corrected chi connectivity index (χ0v) is 16.1. The van der Waals surface area contributed by atoms with Gasteiger partial charge in [-0.05, 0) is 42.5 Å². The van der Waals surface area contributed by atoms with Crippen LogP contribution in [0.4, 0.5) is 4.39 Å². The first kappa shape index (κ1) is 18.4. The molecule has 2 aromatic carbocycles. The molecule has 142 valence electrons. The molecule has 0 aliphatic heterocycles. The van der Waals surface area contributed by atoms with E-state index < -0.39 is 0 Å².